The molecule has 29 heavy (non-hydrogen) atoms. The number of benzene rings is 2. The van der Waals surface area contributed by atoms with Crippen LogP contribution in [-0.2, 0) is 19.9 Å². The van der Waals surface area contributed by atoms with Crippen LogP contribution in [0.4, 0.5) is 16.2 Å². The number of hydrogen-bond acceptors (Lipinski definition) is 4. The van der Waals surface area contributed by atoms with Crippen LogP contribution < -0.4 is 16.0 Å². The van der Waals surface area contributed by atoms with E-state index in [0.29, 0.717) is 22.0 Å². The summed E-state index contributed by atoms with van der Waals surface area (Å²) in [6, 6.07) is 12.5. The van der Waals surface area contributed by atoms with E-state index in [1.54, 1.807) is 55.5 Å². The zero-order valence-corrected chi connectivity index (χ0v) is 16.5. The number of nitrogens with one attached hydrogen (secondary N) is 3. The van der Waals surface area contributed by atoms with Crippen molar-refractivity contribution in [2.75, 3.05) is 17.2 Å². The normalized spacial score (nSPS) is 18.4. The monoisotopic (exact) mass is 414 g/mol. The number of urea groups is 1. The van der Waals surface area contributed by atoms with E-state index in [9.17, 15) is 19.2 Å². The van der Waals surface area contributed by atoms with Gasteiger partial charge in [0.05, 0.1) is 0 Å². The first-order valence-corrected chi connectivity index (χ1v) is 9.15. The van der Waals surface area contributed by atoms with Gasteiger partial charge >= 0.3 is 6.03 Å². The van der Waals surface area contributed by atoms with E-state index < -0.39 is 29.9 Å². The summed E-state index contributed by atoms with van der Waals surface area (Å²) >= 11 is 6.18. The third-order valence-corrected chi connectivity index (χ3v) is 4.81. The Morgan fingerprint density at radius 3 is 2.21 bits per heavy atom. The summed E-state index contributed by atoms with van der Waals surface area (Å²) < 4.78 is 0. The highest BCUT2D eigenvalue weighted by Crippen LogP contribution is 2.33. The first kappa shape index (κ1) is 20.3. The molecule has 3 N–H and O–H groups in total. The third kappa shape index (κ3) is 4.22. The average molecular weight is 415 g/mol. The molecule has 3 rings (SSSR count). The predicted octanol–water partition coefficient (Wildman–Crippen LogP) is 2.70. The van der Waals surface area contributed by atoms with Gasteiger partial charge in [-0.15, -0.1) is 0 Å². The summed E-state index contributed by atoms with van der Waals surface area (Å²) in [5, 5.41) is 8.19. The number of carbonyl (C=O) groups excluding carboxylic acids is 4. The summed E-state index contributed by atoms with van der Waals surface area (Å²) in [5.74, 6) is -1.31. The molecule has 0 saturated carbocycles. The Morgan fingerprint density at radius 2 is 1.62 bits per heavy atom. The molecule has 5 amide bonds. The molecule has 0 aromatic heterocycles. The lowest BCUT2D eigenvalue weighted by atomic mass is 9.92. The molecule has 0 bridgehead atoms. The predicted molar refractivity (Wildman–Crippen MR) is 108 cm³/mol. The van der Waals surface area contributed by atoms with Gasteiger partial charge in [0.1, 0.15) is 12.1 Å². The van der Waals surface area contributed by atoms with E-state index >= 15 is 0 Å². The van der Waals surface area contributed by atoms with E-state index in [1.165, 1.54) is 6.92 Å². The number of carbonyl (C=O) groups is 4. The van der Waals surface area contributed by atoms with Gasteiger partial charge in [0, 0.05) is 28.9 Å². The van der Waals surface area contributed by atoms with Gasteiger partial charge in [0.2, 0.25) is 11.8 Å². The molecule has 1 aliphatic rings. The number of halogens is 1. The maximum absolute atomic E-state index is 12.9. The van der Waals surface area contributed by atoms with Crippen LogP contribution in [0.15, 0.2) is 48.5 Å². The number of anilines is 2. The second kappa shape index (κ2) is 7.92. The highest BCUT2D eigenvalue weighted by molar-refractivity contribution is 6.32. The molecule has 1 saturated heterocycles. The molecule has 150 valence electrons. The molecule has 1 aliphatic heterocycles. The largest absolute Gasteiger partial charge is 0.326 e. The van der Waals surface area contributed by atoms with E-state index in [0.717, 1.165) is 4.90 Å². The maximum atomic E-state index is 12.9. The van der Waals surface area contributed by atoms with Crippen molar-refractivity contribution in [3.8, 4) is 0 Å². The molecule has 0 aliphatic carbocycles. The van der Waals surface area contributed by atoms with Crippen LogP contribution in [0.3, 0.4) is 0 Å². The van der Waals surface area contributed by atoms with Crippen molar-refractivity contribution in [3.63, 3.8) is 0 Å². The number of hydrogen-bond donors (Lipinski definition) is 3. The Hall–Kier alpha value is -3.39. The lowest BCUT2D eigenvalue weighted by Crippen LogP contribution is -2.42. The number of amides is 5. The third-order valence-electron chi connectivity index (χ3n) is 4.48. The van der Waals surface area contributed by atoms with Gasteiger partial charge in [-0.05, 0) is 37.3 Å². The summed E-state index contributed by atoms with van der Waals surface area (Å²) in [5.41, 5.74) is 0.150. The fraction of sp³-hybridized carbons (Fsp3) is 0.200. The molecular weight excluding hydrogens is 396 g/mol. The van der Waals surface area contributed by atoms with E-state index in [1.807, 2.05) is 0 Å². The lowest BCUT2D eigenvalue weighted by molar-refractivity contribution is -0.133. The van der Waals surface area contributed by atoms with Crippen molar-refractivity contribution in [3.05, 3.63) is 59.1 Å². The van der Waals surface area contributed by atoms with Crippen LogP contribution in [-0.4, -0.2) is 35.2 Å². The van der Waals surface area contributed by atoms with E-state index in [4.69, 9.17) is 11.6 Å². The SMILES string of the molecule is CC(=O)Nc1ccc(NC(=O)CN2C(=O)N[C@@](C)(c3ccccc3Cl)C2=O)cc1. The fourth-order valence-corrected chi connectivity index (χ4v) is 3.40. The lowest BCUT2D eigenvalue weighted by Gasteiger charge is -2.23. The number of nitrogens with zero attached hydrogens (tertiary/aromatic N) is 1. The molecule has 0 spiro atoms. The first-order valence-electron chi connectivity index (χ1n) is 8.77. The van der Waals surface area contributed by atoms with Gasteiger partial charge < -0.3 is 16.0 Å². The second-order valence-electron chi connectivity index (χ2n) is 6.73. The molecule has 1 fully saturated rings. The van der Waals surface area contributed by atoms with Gasteiger partial charge in [-0.2, -0.15) is 0 Å². The molecular formula is C20H19ClN4O4. The first-order chi connectivity index (χ1) is 13.7. The van der Waals surface area contributed by atoms with Gasteiger partial charge in [-0.3, -0.25) is 19.3 Å². The minimum Gasteiger partial charge on any atom is -0.326 e. The molecule has 1 heterocycles. The molecule has 2 aromatic rings. The van der Waals surface area contributed by atoms with Crippen molar-refractivity contribution in [2.24, 2.45) is 0 Å². The second-order valence-corrected chi connectivity index (χ2v) is 7.14. The van der Waals surface area contributed by atoms with Crippen LogP contribution in [0, 0.1) is 0 Å². The Labute approximate surface area is 172 Å². The van der Waals surface area contributed by atoms with Gasteiger partial charge in [0.25, 0.3) is 5.91 Å². The van der Waals surface area contributed by atoms with Gasteiger partial charge in [0.15, 0.2) is 0 Å². The molecule has 9 heteroatoms. The summed E-state index contributed by atoms with van der Waals surface area (Å²) in [7, 11) is 0. The highest BCUT2D eigenvalue weighted by Gasteiger charge is 2.50. The Morgan fingerprint density at radius 1 is 1.03 bits per heavy atom. The molecule has 0 radical (unpaired) electrons. The topological polar surface area (TPSA) is 108 Å². The minimum absolute atomic E-state index is 0.207. The maximum Gasteiger partial charge on any atom is 0.325 e. The smallest absolute Gasteiger partial charge is 0.325 e. The van der Waals surface area contributed by atoms with Crippen LogP contribution >= 0.6 is 11.6 Å². The summed E-state index contributed by atoms with van der Waals surface area (Å²) in [6.45, 7) is 2.50. The van der Waals surface area contributed by atoms with Crippen LogP contribution in [0.25, 0.3) is 0 Å². The van der Waals surface area contributed by atoms with Crippen molar-refractivity contribution >= 4 is 46.7 Å². The summed E-state index contributed by atoms with van der Waals surface area (Å²) in [6.07, 6.45) is 0. The van der Waals surface area contributed by atoms with Crippen molar-refractivity contribution < 1.29 is 19.2 Å². The standard InChI is InChI=1S/C20H19ClN4O4/c1-12(26)22-13-7-9-14(10-8-13)23-17(27)11-25-18(28)20(2,24-19(25)29)15-5-3-4-6-16(15)21/h3-10H,11H2,1-2H3,(H,22,26)(H,23,27)(H,24,29)/t20-/m0/s1. The van der Waals surface area contributed by atoms with E-state index in [-0.39, 0.29) is 5.91 Å². The quantitative estimate of drug-likeness (QED) is 0.653. The molecule has 1 atom stereocenters. The van der Waals surface area contributed by atoms with Crippen LogP contribution in [0.2, 0.25) is 5.02 Å². The van der Waals surface area contributed by atoms with Crippen LogP contribution in [0.5, 0.6) is 0 Å². The molecule has 8 nitrogen and oxygen atoms in total. The number of imide groups is 1. The van der Waals surface area contributed by atoms with Gasteiger partial charge in [-0.1, -0.05) is 29.8 Å². The average Bonchev–Trinajstić information content (AvgIpc) is 2.87. The summed E-state index contributed by atoms with van der Waals surface area (Å²) in [4.78, 5) is 49.5. The molecule has 0 unspecified atom stereocenters. The van der Waals surface area contributed by atoms with Crippen LogP contribution in [0.1, 0.15) is 19.4 Å². The minimum atomic E-state index is -1.35. The zero-order valence-electron chi connectivity index (χ0n) is 15.8. The fourth-order valence-electron chi connectivity index (χ4n) is 3.07. The van der Waals surface area contributed by atoms with Crippen molar-refractivity contribution in [2.45, 2.75) is 19.4 Å². The Kier molecular flexibility index (Phi) is 5.56. The zero-order chi connectivity index (χ0) is 21.2. The Balaban J connectivity index is 1.69. The van der Waals surface area contributed by atoms with E-state index in [2.05, 4.69) is 16.0 Å². The number of rotatable bonds is 5. The van der Waals surface area contributed by atoms with Gasteiger partial charge in [-0.25, -0.2) is 4.79 Å². The highest BCUT2D eigenvalue weighted by atomic mass is 35.5. The van der Waals surface area contributed by atoms with Crippen molar-refractivity contribution in [1.29, 1.82) is 0 Å². The van der Waals surface area contributed by atoms with Crippen molar-refractivity contribution in [1.82, 2.24) is 10.2 Å². The Bertz CT molecular complexity index is 992. The molecule has 2 aromatic carbocycles.